The van der Waals surface area contributed by atoms with Crippen LogP contribution in [0, 0.1) is 11.3 Å². The van der Waals surface area contributed by atoms with Crippen molar-refractivity contribution in [1.29, 1.82) is 5.26 Å². The molecule has 0 bridgehead atoms. The van der Waals surface area contributed by atoms with Crippen molar-refractivity contribution in [3.8, 4) is 6.07 Å². The average molecular weight is 344 g/mol. The summed E-state index contributed by atoms with van der Waals surface area (Å²) < 4.78 is 5.32. The molecule has 0 fully saturated rings. The third-order valence-electron chi connectivity index (χ3n) is 3.92. The number of amides is 1. The van der Waals surface area contributed by atoms with Crippen molar-refractivity contribution in [2.75, 3.05) is 5.32 Å². The molecular weight excluding hydrogens is 328 g/mol. The zero-order valence-corrected chi connectivity index (χ0v) is 14.1. The Morgan fingerprint density at radius 1 is 1.04 bits per heavy atom. The Kier molecular flexibility index (Phi) is 4.95. The minimum atomic E-state index is -0.979. The van der Waals surface area contributed by atoms with Crippen LogP contribution in [0.2, 0.25) is 0 Å². The number of ether oxygens (including phenoxy) is 1. The summed E-state index contributed by atoms with van der Waals surface area (Å²) in [6.07, 6.45) is -0.979. The van der Waals surface area contributed by atoms with Crippen molar-refractivity contribution in [3.63, 3.8) is 0 Å². The second-order valence-corrected chi connectivity index (χ2v) is 5.76. The maximum atomic E-state index is 12.5. The molecule has 1 unspecified atom stereocenters. The largest absolute Gasteiger partial charge is 0.449 e. The minimum absolute atomic E-state index is 0.411. The molecule has 5 heteroatoms. The Morgan fingerprint density at radius 3 is 2.58 bits per heavy atom. The fraction of sp³-hybridized carbons (Fsp3) is 0.0952. The van der Waals surface area contributed by atoms with E-state index in [-0.39, 0.29) is 0 Å². The van der Waals surface area contributed by atoms with Crippen LogP contribution in [0.1, 0.15) is 22.8 Å². The van der Waals surface area contributed by atoms with E-state index >= 15 is 0 Å². The lowest BCUT2D eigenvalue weighted by molar-refractivity contribution is -0.123. The molecule has 3 aromatic carbocycles. The van der Waals surface area contributed by atoms with E-state index in [1.54, 1.807) is 36.4 Å². The van der Waals surface area contributed by atoms with Crippen molar-refractivity contribution in [3.05, 3.63) is 77.9 Å². The molecule has 128 valence electrons. The molecule has 1 N–H and O–H groups in total. The van der Waals surface area contributed by atoms with Gasteiger partial charge in [0.25, 0.3) is 5.91 Å². The van der Waals surface area contributed by atoms with Gasteiger partial charge in [-0.1, -0.05) is 42.5 Å². The van der Waals surface area contributed by atoms with E-state index in [9.17, 15) is 9.59 Å². The summed E-state index contributed by atoms with van der Waals surface area (Å²) in [5, 5.41) is 13.2. The van der Waals surface area contributed by atoms with Gasteiger partial charge < -0.3 is 10.1 Å². The second-order valence-electron chi connectivity index (χ2n) is 5.76. The lowest BCUT2D eigenvalue weighted by Gasteiger charge is -2.14. The number of rotatable bonds is 4. The van der Waals surface area contributed by atoms with E-state index in [1.165, 1.54) is 6.92 Å². The number of carbonyl (C=O) groups is 2. The monoisotopic (exact) mass is 344 g/mol. The zero-order chi connectivity index (χ0) is 18.5. The summed E-state index contributed by atoms with van der Waals surface area (Å²) in [7, 11) is 0. The van der Waals surface area contributed by atoms with E-state index in [0.717, 1.165) is 10.8 Å². The molecule has 0 aliphatic heterocycles. The molecule has 5 nitrogen and oxygen atoms in total. The maximum absolute atomic E-state index is 12.5. The second kappa shape index (κ2) is 7.49. The molecule has 0 spiro atoms. The van der Waals surface area contributed by atoms with Gasteiger partial charge >= 0.3 is 5.97 Å². The molecule has 0 heterocycles. The first kappa shape index (κ1) is 17.2. The minimum Gasteiger partial charge on any atom is -0.449 e. The molecule has 0 radical (unpaired) electrons. The third-order valence-corrected chi connectivity index (χ3v) is 3.92. The Morgan fingerprint density at radius 2 is 1.77 bits per heavy atom. The number of nitrogens with one attached hydrogen (secondary N) is 1. The fourth-order valence-corrected chi connectivity index (χ4v) is 2.59. The number of benzene rings is 3. The standard InChI is InChI=1S/C21H16N2O3/c1-14(20(24)23-17-9-4-6-15(12-17)13-22)26-21(25)19-11-5-8-16-7-2-3-10-18(16)19/h2-12,14H,1H3,(H,23,24). The van der Waals surface area contributed by atoms with E-state index in [0.29, 0.717) is 16.8 Å². The van der Waals surface area contributed by atoms with E-state index in [4.69, 9.17) is 10.00 Å². The van der Waals surface area contributed by atoms with Gasteiger partial charge in [-0.2, -0.15) is 5.26 Å². The Hall–Kier alpha value is -3.65. The van der Waals surface area contributed by atoms with Gasteiger partial charge in [0.05, 0.1) is 17.2 Å². The number of fused-ring (bicyclic) bond motifs is 1. The Labute approximate surface area is 150 Å². The number of anilines is 1. The molecular formula is C21H16N2O3. The predicted molar refractivity (Wildman–Crippen MR) is 98.6 cm³/mol. The fourth-order valence-electron chi connectivity index (χ4n) is 2.59. The van der Waals surface area contributed by atoms with Crippen LogP contribution in [0.15, 0.2) is 66.7 Å². The molecule has 3 aromatic rings. The highest BCUT2D eigenvalue weighted by Gasteiger charge is 2.20. The van der Waals surface area contributed by atoms with Gasteiger partial charge in [0.15, 0.2) is 6.10 Å². The first-order chi connectivity index (χ1) is 12.6. The molecule has 0 saturated carbocycles. The molecule has 26 heavy (non-hydrogen) atoms. The summed E-state index contributed by atoms with van der Waals surface area (Å²) in [5.41, 5.74) is 1.32. The summed E-state index contributed by atoms with van der Waals surface area (Å²) in [5.74, 6) is -1.02. The van der Waals surface area contributed by atoms with Crippen LogP contribution in [0.25, 0.3) is 10.8 Å². The van der Waals surface area contributed by atoms with Gasteiger partial charge in [-0.25, -0.2) is 4.79 Å². The summed E-state index contributed by atoms with van der Waals surface area (Å²) in [4.78, 5) is 24.8. The quantitative estimate of drug-likeness (QED) is 0.728. The van der Waals surface area contributed by atoms with Crippen LogP contribution in [0.4, 0.5) is 5.69 Å². The van der Waals surface area contributed by atoms with Gasteiger partial charge in [-0.15, -0.1) is 0 Å². The molecule has 3 rings (SSSR count). The molecule has 0 aliphatic carbocycles. The van der Waals surface area contributed by atoms with Crippen molar-refractivity contribution >= 4 is 28.3 Å². The van der Waals surface area contributed by atoms with E-state index in [2.05, 4.69) is 5.32 Å². The lowest BCUT2D eigenvalue weighted by Crippen LogP contribution is -2.30. The summed E-state index contributed by atoms with van der Waals surface area (Å²) in [6.45, 7) is 1.51. The molecule has 0 aromatic heterocycles. The Bertz CT molecular complexity index is 1020. The smallest absolute Gasteiger partial charge is 0.339 e. The first-order valence-electron chi connectivity index (χ1n) is 8.08. The van der Waals surface area contributed by atoms with Crippen molar-refractivity contribution in [2.45, 2.75) is 13.0 Å². The van der Waals surface area contributed by atoms with Crippen molar-refractivity contribution in [1.82, 2.24) is 0 Å². The SMILES string of the molecule is CC(OC(=O)c1cccc2ccccc12)C(=O)Nc1cccc(C#N)c1. The highest BCUT2D eigenvalue weighted by atomic mass is 16.5. The molecule has 0 aliphatic rings. The zero-order valence-electron chi connectivity index (χ0n) is 14.1. The predicted octanol–water partition coefficient (Wildman–Crippen LogP) is 3.90. The van der Waals surface area contributed by atoms with Gasteiger partial charge in [-0.05, 0) is 42.0 Å². The number of nitrogens with zero attached hydrogens (tertiary/aromatic N) is 1. The lowest BCUT2D eigenvalue weighted by atomic mass is 10.0. The Balaban J connectivity index is 1.72. The van der Waals surface area contributed by atoms with Crippen LogP contribution < -0.4 is 5.32 Å². The van der Waals surface area contributed by atoms with Crippen LogP contribution in [-0.2, 0) is 9.53 Å². The van der Waals surface area contributed by atoms with Crippen LogP contribution >= 0.6 is 0 Å². The number of hydrogen-bond donors (Lipinski definition) is 1. The normalized spacial score (nSPS) is 11.4. The maximum Gasteiger partial charge on any atom is 0.339 e. The van der Waals surface area contributed by atoms with E-state index in [1.807, 2.05) is 36.4 Å². The van der Waals surface area contributed by atoms with Gasteiger partial charge in [0.2, 0.25) is 0 Å². The number of esters is 1. The number of nitriles is 1. The van der Waals surface area contributed by atoms with Crippen LogP contribution in [0.3, 0.4) is 0 Å². The molecule has 1 amide bonds. The van der Waals surface area contributed by atoms with Gasteiger partial charge in [-0.3, -0.25) is 4.79 Å². The van der Waals surface area contributed by atoms with E-state index < -0.39 is 18.0 Å². The molecule has 1 atom stereocenters. The topological polar surface area (TPSA) is 79.2 Å². The van der Waals surface area contributed by atoms with Crippen LogP contribution in [-0.4, -0.2) is 18.0 Å². The van der Waals surface area contributed by atoms with Crippen LogP contribution in [0.5, 0.6) is 0 Å². The number of carbonyl (C=O) groups excluding carboxylic acids is 2. The van der Waals surface area contributed by atoms with Crippen molar-refractivity contribution in [2.24, 2.45) is 0 Å². The number of hydrogen-bond acceptors (Lipinski definition) is 4. The highest BCUT2D eigenvalue weighted by Crippen LogP contribution is 2.20. The van der Waals surface area contributed by atoms with Gasteiger partial charge in [0, 0.05) is 5.69 Å². The summed E-state index contributed by atoms with van der Waals surface area (Å²) >= 11 is 0. The average Bonchev–Trinajstić information content (AvgIpc) is 2.67. The first-order valence-corrected chi connectivity index (χ1v) is 8.08. The van der Waals surface area contributed by atoms with Crippen molar-refractivity contribution < 1.29 is 14.3 Å². The molecule has 0 saturated heterocycles. The van der Waals surface area contributed by atoms with Gasteiger partial charge in [0.1, 0.15) is 0 Å². The summed E-state index contributed by atoms with van der Waals surface area (Å²) in [6, 6.07) is 21.4. The third kappa shape index (κ3) is 3.70. The highest BCUT2D eigenvalue weighted by molar-refractivity contribution is 6.05.